The fourth-order valence-corrected chi connectivity index (χ4v) is 1.93. The van der Waals surface area contributed by atoms with E-state index >= 15 is 0 Å². The molecule has 0 aliphatic rings. The van der Waals surface area contributed by atoms with Crippen molar-refractivity contribution in [2.45, 2.75) is 13.0 Å². The fraction of sp³-hybridized carbons (Fsp3) is 0.167. The molecular formula is C12H10BrN5O. The molecule has 0 radical (unpaired) electrons. The predicted octanol–water partition coefficient (Wildman–Crippen LogP) is 2.06. The molecule has 96 valence electrons. The summed E-state index contributed by atoms with van der Waals surface area (Å²) in [5.74, 6) is 1.19. The van der Waals surface area contributed by atoms with E-state index in [1.54, 1.807) is 11.0 Å². The van der Waals surface area contributed by atoms with Crippen LogP contribution in [0.1, 0.15) is 17.3 Å². The third-order valence-corrected chi connectivity index (χ3v) is 3.08. The molecule has 0 spiro atoms. The van der Waals surface area contributed by atoms with E-state index < -0.39 is 0 Å². The average Bonchev–Trinajstić information content (AvgIpc) is 3.05. The Kier molecular flexibility index (Phi) is 3.37. The average molecular weight is 320 g/mol. The van der Waals surface area contributed by atoms with Crippen LogP contribution in [0.15, 0.2) is 45.9 Å². The second kappa shape index (κ2) is 5.31. The summed E-state index contributed by atoms with van der Waals surface area (Å²) in [6, 6.07) is 8.01. The smallest absolute Gasteiger partial charge is 0.231 e. The van der Waals surface area contributed by atoms with Crippen molar-refractivity contribution >= 4 is 15.9 Å². The minimum absolute atomic E-state index is 0.462. The van der Waals surface area contributed by atoms with Crippen molar-refractivity contribution in [3.8, 4) is 0 Å². The molecule has 0 bridgehead atoms. The van der Waals surface area contributed by atoms with Gasteiger partial charge < -0.3 is 4.52 Å². The molecule has 0 saturated carbocycles. The van der Waals surface area contributed by atoms with Gasteiger partial charge in [0.2, 0.25) is 5.89 Å². The highest BCUT2D eigenvalue weighted by Gasteiger charge is 2.08. The Morgan fingerprint density at radius 3 is 2.79 bits per heavy atom. The van der Waals surface area contributed by atoms with Gasteiger partial charge in [-0.25, -0.2) is 9.67 Å². The number of nitrogens with zero attached hydrogens (tertiary/aromatic N) is 5. The summed E-state index contributed by atoms with van der Waals surface area (Å²) >= 11 is 3.40. The summed E-state index contributed by atoms with van der Waals surface area (Å²) in [6.07, 6.45) is 3.71. The van der Waals surface area contributed by atoms with Crippen LogP contribution in [0.2, 0.25) is 0 Å². The molecular weight excluding hydrogens is 310 g/mol. The zero-order chi connectivity index (χ0) is 13.1. The van der Waals surface area contributed by atoms with E-state index in [0.717, 1.165) is 10.0 Å². The zero-order valence-corrected chi connectivity index (χ0v) is 11.5. The minimum atomic E-state index is 0.462. The van der Waals surface area contributed by atoms with Crippen molar-refractivity contribution < 1.29 is 4.52 Å². The Morgan fingerprint density at radius 2 is 2.05 bits per heavy atom. The molecule has 0 fully saturated rings. The number of benzene rings is 1. The Hall–Kier alpha value is -2.02. The topological polar surface area (TPSA) is 69.6 Å². The van der Waals surface area contributed by atoms with Crippen LogP contribution in [-0.2, 0) is 13.0 Å². The molecule has 0 unspecified atom stereocenters. The molecule has 0 N–H and O–H groups in total. The van der Waals surface area contributed by atoms with Crippen molar-refractivity contribution in [3.63, 3.8) is 0 Å². The van der Waals surface area contributed by atoms with Crippen LogP contribution in [0, 0.1) is 0 Å². The van der Waals surface area contributed by atoms with Gasteiger partial charge in [0.1, 0.15) is 19.2 Å². The van der Waals surface area contributed by atoms with Crippen LogP contribution in [0.5, 0.6) is 0 Å². The molecule has 1 aromatic carbocycles. The highest BCUT2D eigenvalue weighted by atomic mass is 79.9. The van der Waals surface area contributed by atoms with Crippen LogP contribution in [0.3, 0.4) is 0 Å². The van der Waals surface area contributed by atoms with E-state index in [-0.39, 0.29) is 0 Å². The number of rotatable bonds is 4. The van der Waals surface area contributed by atoms with E-state index in [1.165, 1.54) is 6.33 Å². The summed E-state index contributed by atoms with van der Waals surface area (Å²) in [4.78, 5) is 8.19. The standard InChI is InChI=1S/C12H10BrN5O/c13-10-3-1-9(2-4-10)5-12-16-11(17-19-12)6-18-8-14-7-15-18/h1-4,7-8H,5-6H2. The van der Waals surface area contributed by atoms with Gasteiger partial charge in [0.25, 0.3) is 0 Å². The molecule has 0 saturated heterocycles. The van der Waals surface area contributed by atoms with Gasteiger partial charge in [-0.2, -0.15) is 10.1 Å². The zero-order valence-electron chi connectivity index (χ0n) is 9.90. The van der Waals surface area contributed by atoms with Gasteiger partial charge in [0.05, 0.1) is 6.42 Å². The number of hydrogen-bond donors (Lipinski definition) is 0. The number of halogens is 1. The minimum Gasteiger partial charge on any atom is -0.339 e. The molecule has 2 aromatic heterocycles. The molecule has 3 aromatic rings. The lowest BCUT2D eigenvalue weighted by Gasteiger charge is -1.96. The first-order valence-electron chi connectivity index (χ1n) is 5.68. The van der Waals surface area contributed by atoms with Gasteiger partial charge in [0, 0.05) is 4.47 Å². The Morgan fingerprint density at radius 1 is 1.21 bits per heavy atom. The van der Waals surface area contributed by atoms with E-state index in [0.29, 0.717) is 24.7 Å². The van der Waals surface area contributed by atoms with Gasteiger partial charge in [-0.3, -0.25) is 0 Å². The first kappa shape index (κ1) is 12.0. The molecule has 0 aliphatic heterocycles. The highest BCUT2D eigenvalue weighted by molar-refractivity contribution is 9.10. The summed E-state index contributed by atoms with van der Waals surface area (Å²) < 4.78 is 7.91. The van der Waals surface area contributed by atoms with Crippen LogP contribution in [0.4, 0.5) is 0 Å². The first-order chi connectivity index (χ1) is 9.29. The SMILES string of the molecule is Brc1ccc(Cc2nc(Cn3cncn3)no2)cc1. The van der Waals surface area contributed by atoms with Gasteiger partial charge in [-0.05, 0) is 17.7 Å². The second-order valence-corrected chi connectivity index (χ2v) is 4.92. The summed E-state index contributed by atoms with van der Waals surface area (Å²) in [7, 11) is 0. The van der Waals surface area contributed by atoms with Gasteiger partial charge in [-0.1, -0.05) is 33.2 Å². The van der Waals surface area contributed by atoms with Crippen LogP contribution < -0.4 is 0 Å². The Bertz CT molecular complexity index is 647. The molecule has 19 heavy (non-hydrogen) atoms. The molecule has 7 heteroatoms. The lowest BCUT2D eigenvalue weighted by Crippen LogP contribution is -2.01. The fourth-order valence-electron chi connectivity index (χ4n) is 1.66. The second-order valence-electron chi connectivity index (χ2n) is 4.00. The molecule has 0 atom stereocenters. The van der Waals surface area contributed by atoms with Crippen LogP contribution in [0.25, 0.3) is 0 Å². The van der Waals surface area contributed by atoms with E-state index in [1.807, 2.05) is 24.3 Å². The Labute approximate surface area is 117 Å². The third kappa shape index (κ3) is 3.05. The van der Waals surface area contributed by atoms with Gasteiger partial charge >= 0.3 is 0 Å². The predicted molar refractivity (Wildman–Crippen MR) is 70.4 cm³/mol. The quantitative estimate of drug-likeness (QED) is 0.736. The molecule has 2 heterocycles. The van der Waals surface area contributed by atoms with Crippen molar-refractivity contribution in [2.75, 3.05) is 0 Å². The third-order valence-electron chi connectivity index (χ3n) is 2.55. The van der Waals surface area contributed by atoms with E-state index in [2.05, 4.69) is 36.2 Å². The molecule has 0 aliphatic carbocycles. The highest BCUT2D eigenvalue weighted by Crippen LogP contribution is 2.13. The normalized spacial score (nSPS) is 10.8. The monoisotopic (exact) mass is 319 g/mol. The lowest BCUT2D eigenvalue weighted by atomic mass is 10.1. The van der Waals surface area contributed by atoms with Crippen molar-refractivity contribution in [2.24, 2.45) is 0 Å². The maximum absolute atomic E-state index is 5.21. The maximum Gasteiger partial charge on any atom is 0.231 e. The maximum atomic E-state index is 5.21. The van der Waals surface area contributed by atoms with Crippen LogP contribution >= 0.6 is 15.9 Å². The van der Waals surface area contributed by atoms with E-state index in [4.69, 9.17) is 4.52 Å². The van der Waals surface area contributed by atoms with Gasteiger partial charge in [0.15, 0.2) is 5.82 Å². The van der Waals surface area contributed by atoms with Crippen LogP contribution in [-0.4, -0.2) is 24.9 Å². The van der Waals surface area contributed by atoms with Crippen molar-refractivity contribution in [3.05, 3.63) is 58.7 Å². The largest absolute Gasteiger partial charge is 0.339 e. The molecule has 3 rings (SSSR count). The summed E-state index contributed by atoms with van der Waals surface area (Å²) in [5.41, 5.74) is 1.12. The number of aromatic nitrogens is 5. The summed E-state index contributed by atoms with van der Waals surface area (Å²) in [5, 5.41) is 7.91. The Balaban J connectivity index is 1.69. The first-order valence-corrected chi connectivity index (χ1v) is 6.47. The number of hydrogen-bond acceptors (Lipinski definition) is 5. The van der Waals surface area contributed by atoms with Gasteiger partial charge in [-0.15, -0.1) is 0 Å². The molecule has 0 amide bonds. The van der Waals surface area contributed by atoms with Crippen molar-refractivity contribution in [1.29, 1.82) is 0 Å². The lowest BCUT2D eigenvalue weighted by molar-refractivity contribution is 0.377. The van der Waals surface area contributed by atoms with Crippen molar-refractivity contribution in [1.82, 2.24) is 24.9 Å². The van der Waals surface area contributed by atoms with E-state index in [9.17, 15) is 0 Å². The molecule has 6 nitrogen and oxygen atoms in total. The summed E-state index contributed by atoms with van der Waals surface area (Å²) in [6.45, 7) is 0.462.